The van der Waals surface area contributed by atoms with Crippen LogP contribution in [0.25, 0.3) is 5.76 Å². The average molecular weight is 458 g/mol. The van der Waals surface area contributed by atoms with Crippen LogP contribution in [0, 0.1) is 0 Å². The second-order valence-electron chi connectivity index (χ2n) is 7.85. The largest absolute Gasteiger partial charge is 0.507 e. The molecule has 1 atom stereocenters. The molecule has 1 unspecified atom stereocenters. The second-order valence-corrected chi connectivity index (χ2v) is 7.85. The SMILES string of the molecule is O=C1C(=O)N(c2ccc3c(c2)OCO3)C(c2cccnc2)/C1=C(/O)c1ccc2c(c1)OCCO2. The molecule has 1 amide bonds. The van der Waals surface area contributed by atoms with Crippen molar-refractivity contribution in [2.24, 2.45) is 0 Å². The fourth-order valence-electron chi connectivity index (χ4n) is 4.33. The Balaban J connectivity index is 1.51. The molecule has 3 aromatic rings. The highest BCUT2D eigenvalue weighted by Gasteiger charge is 2.47. The maximum Gasteiger partial charge on any atom is 0.300 e. The number of hydrogen-bond acceptors (Lipinski definition) is 8. The van der Waals surface area contributed by atoms with Crippen LogP contribution in [0.4, 0.5) is 5.69 Å². The Morgan fingerprint density at radius 1 is 0.912 bits per heavy atom. The Labute approximate surface area is 193 Å². The van der Waals surface area contributed by atoms with Gasteiger partial charge in [-0.2, -0.15) is 0 Å². The lowest BCUT2D eigenvalue weighted by Crippen LogP contribution is -2.29. The predicted octanol–water partition coefficient (Wildman–Crippen LogP) is 3.21. The summed E-state index contributed by atoms with van der Waals surface area (Å²) in [6.07, 6.45) is 3.16. The van der Waals surface area contributed by atoms with Crippen molar-refractivity contribution < 1.29 is 33.6 Å². The highest BCUT2D eigenvalue weighted by molar-refractivity contribution is 6.51. The van der Waals surface area contributed by atoms with E-state index in [-0.39, 0.29) is 18.1 Å². The lowest BCUT2D eigenvalue weighted by atomic mass is 9.96. The van der Waals surface area contributed by atoms with E-state index >= 15 is 0 Å². The average Bonchev–Trinajstić information content (AvgIpc) is 3.45. The van der Waals surface area contributed by atoms with E-state index in [4.69, 9.17) is 18.9 Å². The van der Waals surface area contributed by atoms with Crippen molar-refractivity contribution in [1.82, 2.24) is 4.98 Å². The second kappa shape index (κ2) is 7.80. The Bertz CT molecular complexity index is 1350. The molecule has 1 fully saturated rings. The minimum atomic E-state index is -0.901. The molecule has 0 aliphatic carbocycles. The molecule has 3 aliphatic rings. The number of carbonyl (C=O) groups is 2. The van der Waals surface area contributed by atoms with Gasteiger partial charge in [-0.25, -0.2) is 0 Å². The third-order valence-corrected chi connectivity index (χ3v) is 5.89. The van der Waals surface area contributed by atoms with Crippen molar-refractivity contribution in [2.75, 3.05) is 24.9 Å². The van der Waals surface area contributed by atoms with Gasteiger partial charge in [0.25, 0.3) is 11.7 Å². The molecule has 1 N–H and O–H groups in total. The molecule has 9 nitrogen and oxygen atoms in total. The number of fused-ring (bicyclic) bond motifs is 2. The van der Waals surface area contributed by atoms with Crippen LogP contribution in [-0.2, 0) is 9.59 Å². The quantitative estimate of drug-likeness (QED) is 0.362. The molecule has 0 spiro atoms. The van der Waals surface area contributed by atoms with Gasteiger partial charge in [-0.15, -0.1) is 0 Å². The molecule has 0 saturated carbocycles. The normalized spacial score (nSPS) is 20.0. The Kier molecular flexibility index (Phi) is 4.61. The van der Waals surface area contributed by atoms with Gasteiger partial charge in [0.2, 0.25) is 6.79 Å². The zero-order valence-electron chi connectivity index (χ0n) is 17.8. The summed E-state index contributed by atoms with van der Waals surface area (Å²) >= 11 is 0. The molecule has 9 heteroatoms. The molecule has 0 radical (unpaired) electrons. The van der Waals surface area contributed by atoms with E-state index in [0.29, 0.717) is 53.0 Å². The van der Waals surface area contributed by atoms with Crippen LogP contribution in [0.15, 0.2) is 66.5 Å². The van der Waals surface area contributed by atoms with Gasteiger partial charge in [-0.3, -0.25) is 19.5 Å². The van der Waals surface area contributed by atoms with Crippen LogP contribution in [0.2, 0.25) is 0 Å². The number of amides is 1. The summed E-state index contributed by atoms with van der Waals surface area (Å²) in [4.78, 5) is 32.0. The van der Waals surface area contributed by atoms with E-state index in [1.807, 2.05) is 0 Å². The smallest absolute Gasteiger partial charge is 0.300 e. The molecule has 6 rings (SSSR count). The summed E-state index contributed by atoms with van der Waals surface area (Å²) in [7, 11) is 0. The fourth-order valence-corrected chi connectivity index (χ4v) is 4.33. The Morgan fingerprint density at radius 3 is 2.47 bits per heavy atom. The van der Waals surface area contributed by atoms with Crippen LogP contribution < -0.4 is 23.8 Å². The number of pyridine rings is 1. The Hall–Kier alpha value is -4.53. The monoisotopic (exact) mass is 458 g/mol. The van der Waals surface area contributed by atoms with Gasteiger partial charge >= 0.3 is 0 Å². The van der Waals surface area contributed by atoms with Crippen LogP contribution in [0.1, 0.15) is 17.2 Å². The summed E-state index contributed by atoms with van der Waals surface area (Å²) in [6, 6.07) is 12.4. The maximum absolute atomic E-state index is 13.3. The zero-order valence-corrected chi connectivity index (χ0v) is 17.8. The van der Waals surface area contributed by atoms with Crippen molar-refractivity contribution in [3.05, 3.63) is 77.6 Å². The zero-order chi connectivity index (χ0) is 23.2. The minimum absolute atomic E-state index is 0.0488. The summed E-state index contributed by atoms with van der Waals surface area (Å²) in [5.74, 6) is 0.134. The topological polar surface area (TPSA) is 107 Å². The van der Waals surface area contributed by atoms with Gasteiger partial charge in [0.05, 0.1) is 11.6 Å². The van der Waals surface area contributed by atoms with Gasteiger partial charge in [0.1, 0.15) is 19.0 Å². The fraction of sp³-hybridized carbons (Fsp3) is 0.160. The minimum Gasteiger partial charge on any atom is -0.507 e. The standard InChI is InChI=1S/C25H18N2O7/c28-23(14-3-5-17-19(10-14)32-9-8-31-17)21-22(15-2-1-7-26-12-15)27(25(30)24(21)29)16-4-6-18-20(11-16)34-13-33-18/h1-7,10-12,22,28H,8-9,13H2/b23-21-. The molecule has 1 saturated heterocycles. The van der Waals surface area contributed by atoms with Gasteiger partial charge in [-0.05, 0) is 42.0 Å². The van der Waals surface area contributed by atoms with Gasteiger partial charge in [-0.1, -0.05) is 6.07 Å². The number of aromatic nitrogens is 1. The summed E-state index contributed by atoms with van der Waals surface area (Å²) in [5.41, 5.74) is 1.29. The molecule has 3 aliphatic heterocycles. The molecule has 170 valence electrons. The van der Waals surface area contributed by atoms with Gasteiger partial charge in [0.15, 0.2) is 23.0 Å². The first-order chi connectivity index (χ1) is 16.6. The molecule has 2 aromatic carbocycles. The van der Waals surface area contributed by atoms with Crippen LogP contribution in [0.3, 0.4) is 0 Å². The summed E-state index contributed by atoms with van der Waals surface area (Å²) in [5, 5.41) is 11.3. The van der Waals surface area contributed by atoms with Crippen LogP contribution >= 0.6 is 0 Å². The number of ketones is 1. The molecular formula is C25H18N2O7. The van der Waals surface area contributed by atoms with Gasteiger partial charge < -0.3 is 24.1 Å². The number of nitrogens with zero attached hydrogens (tertiary/aromatic N) is 2. The van der Waals surface area contributed by atoms with E-state index in [1.54, 1.807) is 60.9 Å². The molecular weight excluding hydrogens is 440 g/mol. The van der Waals surface area contributed by atoms with E-state index in [9.17, 15) is 14.7 Å². The van der Waals surface area contributed by atoms with Crippen LogP contribution in [-0.4, -0.2) is 41.8 Å². The maximum atomic E-state index is 13.3. The molecule has 4 heterocycles. The van der Waals surface area contributed by atoms with Crippen molar-refractivity contribution >= 4 is 23.1 Å². The Morgan fingerprint density at radius 2 is 1.65 bits per heavy atom. The number of ether oxygens (including phenoxy) is 4. The highest BCUT2D eigenvalue weighted by atomic mass is 16.7. The number of benzene rings is 2. The lowest BCUT2D eigenvalue weighted by Gasteiger charge is -2.25. The van der Waals surface area contributed by atoms with E-state index < -0.39 is 17.7 Å². The number of carbonyl (C=O) groups excluding carboxylic acids is 2. The summed E-state index contributed by atoms with van der Waals surface area (Å²) < 4.78 is 22.0. The number of Topliss-reactive ketones (excluding diaryl/α,β-unsaturated/α-hetero) is 1. The summed E-state index contributed by atoms with van der Waals surface area (Å²) in [6.45, 7) is 0.884. The lowest BCUT2D eigenvalue weighted by molar-refractivity contribution is -0.132. The van der Waals surface area contributed by atoms with Crippen molar-refractivity contribution in [3.63, 3.8) is 0 Å². The van der Waals surface area contributed by atoms with Crippen molar-refractivity contribution in [2.45, 2.75) is 6.04 Å². The highest BCUT2D eigenvalue weighted by Crippen LogP contribution is 2.45. The first kappa shape index (κ1) is 20.1. The third kappa shape index (κ3) is 3.13. The van der Waals surface area contributed by atoms with Crippen molar-refractivity contribution in [1.29, 1.82) is 0 Å². The molecule has 0 bridgehead atoms. The number of anilines is 1. The number of aliphatic hydroxyl groups is 1. The predicted molar refractivity (Wildman–Crippen MR) is 119 cm³/mol. The van der Waals surface area contributed by atoms with Gasteiger partial charge in [0, 0.05) is 29.7 Å². The molecule has 1 aromatic heterocycles. The first-order valence-corrected chi connectivity index (χ1v) is 10.6. The van der Waals surface area contributed by atoms with E-state index in [1.165, 1.54) is 4.90 Å². The van der Waals surface area contributed by atoms with E-state index in [0.717, 1.165) is 0 Å². The van der Waals surface area contributed by atoms with Crippen molar-refractivity contribution in [3.8, 4) is 23.0 Å². The van der Waals surface area contributed by atoms with Crippen LogP contribution in [0.5, 0.6) is 23.0 Å². The van der Waals surface area contributed by atoms with E-state index in [2.05, 4.69) is 4.98 Å². The number of hydrogen-bond donors (Lipinski definition) is 1. The number of rotatable bonds is 3. The third-order valence-electron chi connectivity index (χ3n) is 5.89. The molecule has 34 heavy (non-hydrogen) atoms. The number of aliphatic hydroxyl groups excluding tert-OH is 1. The first-order valence-electron chi connectivity index (χ1n) is 10.6.